The van der Waals surface area contributed by atoms with E-state index in [0.29, 0.717) is 0 Å². The molecule has 0 amide bonds. The third kappa shape index (κ3) is 1.83. The molecule has 0 radical (unpaired) electrons. The minimum Gasteiger partial charge on any atom is -0.265 e. The molecule has 1 aliphatic rings. The van der Waals surface area contributed by atoms with Crippen LogP contribution in [0.4, 0.5) is 0 Å². The number of rotatable bonds is 1. The van der Waals surface area contributed by atoms with Crippen molar-refractivity contribution >= 4 is 11.8 Å². The molecule has 13 heavy (non-hydrogen) atoms. The largest absolute Gasteiger partial charge is 0.265 e. The van der Waals surface area contributed by atoms with Gasteiger partial charge in [-0.2, -0.15) is 0 Å². The number of aromatic nitrogens is 1. The summed E-state index contributed by atoms with van der Waals surface area (Å²) in [4.78, 5) is 4.01. The average molecular weight is 173 g/mol. The van der Waals surface area contributed by atoms with Gasteiger partial charge in [-0.05, 0) is 23.3 Å². The van der Waals surface area contributed by atoms with E-state index in [1.165, 1.54) is 11.1 Å². The maximum atomic E-state index is 4.01. The van der Waals surface area contributed by atoms with E-state index in [0.717, 1.165) is 13.0 Å². The first-order valence-electron chi connectivity index (χ1n) is 4.51. The van der Waals surface area contributed by atoms with Crippen LogP contribution in [0.2, 0.25) is 0 Å². The molecule has 2 heterocycles. The monoisotopic (exact) mass is 173 g/mol. The SMILES string of the molecule is C[N+]1=CC=C(c2ccncc2)CC1. The van der Waals surface area contributed by atoms with Gasteiger partial charge in [0.2, 0.25) is 0 Å². The molecule has 0 atom stereocenters. The molecule has 2 heteroatoms. The van der Waals surface area contributed by atoms with Gasteiger partial charge in [0.15, 0.2) is 6.21 Å². The second-order valence-corrected chi connectivity index (χ2v) is 3.31. The number of hydrogen-bond acceptors (Lipinski definition) is 1. The molecule has 0 N–H and O–H groups in total. The number of pyridine rings is 1. The summed E-state index contributed by atoms with van der Waals surface area (Å²) in [6.07, 6.45) is 9.11. The van der Waals surface area contributed by atoms with Crippen molar-refractivity contribution in [2.24, 2.45) is 0 Å². The van der Waals surface area contributed by atoms with Crippen molar-refractivity contribution in [2.75, 3.05) is 13.6 Å². The van der Waals surface area contributed by atoms with Crippen LogP contribution in [-0.2, 0) is 0 Å². The predicted molar refractivity (Wildman–Crippen MR) is 53.9 cm³/mol. The van der Waals surface area contributed by atoms with Crippen molar-refractivity contribution < 1.29 is 4.58 Å². The Balaban J connectivity index is 2.29. The Labute approximate surface area is 78.3 Å². The summed E-state index contributed by atoms with van der Waals surface area (Å²) in [7, 11) is 2.10. The van der Waals surface area contributed by atoms with E-state index in [2.05, 4.69) is 41.0 Å². The molecule has 2 nitrogen and oxygen atoms in total. The van der Waals surface area contributed by atoms with E-state index < -0.39 is 0 Å². The minimum atomic E-state index is 1.11. The van der Waals surface area contributed by atoms with Gasteiger partial charge in [-0.15, -0.1) is 0 Å². The zero-order valence-electron chi connectivity index (χ0n) is 7.77. The molecule has 0 saturated carbocycles. The third-order valence-corrected chi connectivity index (χ3v) is 2.32. The summed E-state index contributed by atoms with van der Waals surface area (Å²) in [5.74, 6) is 0. The molecule has 0 aliphatic carbocycles. The zero-order chi connectivity index (χ0) is 9.10. The lowest BCUT2D eigenvalue weighted by molar-refractivity contribution is -0.491. The lowest BCUT2D eigenvalue weighted by atomic mass is 10.0. The Bertz CT molecular complexity index is 350. The summed E-state index contributed by atoms with van der Waals surface area (Å²) in [5, 5.41) is 0. The first-order chi connectivity index (χ1) is 6.36. The van der Waals surface area contributed by atoms with Crippen LogP contribution in [0.5, 0.6) is 0 Å². The van der Waals surface area contributed by atoms with Crippen molar-refractivity contribution in [3.8, 4) is 0 Å². The number of hydrogen-bond donors (Lipinski definition) is 0. The molecule has 0 spiro atoms. The Kier molecular flexibility index (Phi) is 2.21. The highest BCUT2D eigenvalue weighted by Gasteiger charge is 2.08. The van der Waals surface area contributed by atoms with Gasteiger partial charge in [0.25, 0.3) is 0 Å². The van der Waals surface area contributed by atoms with E-state index in [4.69, 9.17) is 0 Å². The molecular formula is C11H13N2+. The predicted octanol–water partition coefficient (Wildman–Crippen LogP) is 1.58. The first-order valence-corrected chi connectivity index (χ1v) is 4.51. The van der Waals surface area contributed by atoms with Gasteiger partial charge in [-0.25, -0.2) is 4.58 Å². The molecular weight excluding hydrogens is 160 g/mol. The maximum Gasteiger partial charge on any atom is 0.163 e. The highest BCUT2D eigenvalue weighted by molar-refractivity contribution is 5.83. The maximum absolute atomic E-state index is 4.01. The number of allylic oxidation sites excluding steroid dienone is 1. The Morgan fingerprint density at radius 1 is 1.31 bits per heavy atom. The summed E-state index contributed by atoms with van der Waals surface area (Å²) in [6, 6.07) is 4.12. The van der Waals surface area contributed by atoms with Crippen LogP contribution in [0.1, 0.15) is 12.0 Å². The van der Waals surface area contributed by atoms with Crippen molar-refractivity contribution in [2.45, 2.75) is 6.42 Å². The fourth-order valence-corrected chi connectivity index (χ4v) is 1.48. The molecule has 1 aromatic heterocycles. The molecule has 2 rings (SSSR count). The fraction of sp³-hybridized carbons (Fsp3) is 0.273. The van der Waals surface area contributed by atoms with E-state index in [-0.39, 0.29) is 0 Å². The highest BCUT2D eigenvalue weighted by Crippen LogP contribution is 2.17. The molecule has 0 saturated heterocycles. The highest BCUT2D eigenvalue weighted by atomic mass is 14.9. The van der Waals surface area contributed by atoms with Crippen LogP contribution in [-0.4, -0.2) is 29.4 Å². The third-order valence-electron chi connectivity index (χ3n) is 2.32. The molecule has 0 unspecified atom stereocenters. The van der Waals surface area contributed by atoms with Crippen molar-refractivity contribution in [1.82, 2.24) is 4.98 Å². The lowest BCUT2D eigenvalue weighted by Crippen LogP contribution is -2.12. The van der Waals surface area contributed by atoms with Gasteiger partial charge < -0.3 is 0 Å². The molecule has 0 bridgehead atoms. The van der Waals surface area contributed by atoms with Gasteiger partial charge in [0.05, 0.1) is 0 Å². The summed E-state index contributed by atoms with van der Waals surface area (Å²) in [5.41, 5.74) is 2.69. The van der Waals surface area contributed by atoms with Crippen LogP contribution in [0, 0.1) is 0 Å². The van der Waals surface area contributed by atoms with E-state index in [1.807, 2.05) is 12.4 Å². The van der Waals surface area contributed by atoms with Crippen molar-refractivity contribution in [1.29, 1.82) is 0 Å². The summed E-state index contributed by atoms with van der Waals surface area (Å²) < 4.78 is 2.20. The van der Waals surface area contributed by atoms with Crippen molar-refractivity contribution in [3.63, 3.8) is 0 Å². The Morgan fingerprint density at radius 3 is 2.69 bits per heavy atom. The number of nitrogens with zero attached hydrogens (tertiary/aromatic N) is 2. The average Bonchev–Trinajstić information content (AvgIpc) is 2.20. The van der Waals surface area contributed by atoms with Crippen LogP contribution in [0.3, 0.4) is 0 Å². The Hall–Kier alpha value is -1.44. The molecule has 66 valence electrons. The van der Waals surface area contributed by atoms with Crippen LogP contribution in [0.15, 0.2) is 30.6 Å². The standard InChI is InChI=1S/C11H13N2/c1-13-8-4-11(5-9-13)10-2-6-12-7-3-10/h2-4,6-8H,5,9H2,1H3/q+1. The lowest BCUT2D eigenvalue weighted by Gasteiger charge is -2.08. The second-order valence-electron chi connectivity index (χ2n) is 3.31. The fourth-order valence-electron chi connectivity index (χ4n) is 1.48. The van der Waals surface area contributed by atoms with E-state index >= 15 is 0 Å². The summed E-state index contributed by atoms with van der Waals surface area (Å²) in [6.45, 7) is 1.11. The van der Waals surface area contributed by atoms with E-state index in [9.17, 15) is 0 Å². The second kappa shape index (κ2) is 3.52. The minimum absolute atomic E-state index is 1.11. The van der Waals surface area contributed by atoms with E-state index in [1.54, 1.807) is 0 Å². The van der Waals surface area contributed by atoms with Crippen molar-refractivity contribution in [3.05, 3.63) is 36.2 Å². The molecule has 0 fully saturated rings. The molecule has 1 aromatic rings. The van der Waals surface area contributed by atoms with Crippen LogP contribution < -0.4 is 0 Å². The van der Waals surface area contributed by atoms with Gasteiger partial charge in [0.1, 0.15) is 13.6 Å². The summed E-state index contributed by atoms with van der Waals surface area (Å²) >= 11 is 0. The normalized spacial score (nSPS) is 16.4. The Morgan fingerprint density at radius 2 is 2.08 bits per heavy atom. The van der Waals surface area contributed by atoms with Gasteiger partial charge in [-0.3, -0.25) is 4.98 Å². The smallest absolute Gasteiger partial charge is 0.163 e. The first kappa shape index (κ1) is 8.17. The van der Waals surface area contributed by atoms with Gasteiger partial charge in [0, 0.05) is 24.9 Å². The van der Waals surface area contributed by atoms with Crippen LogP contribution >= 0.6 is 0 Å². The topological polar surface area (TPSA) is 15.9 Å². The van der Waals surface area contributed by atoms with Crippen LogP contribution in [0.25, 0.3) is 5.57 Å². The quantitative estimate of drug-likeness (QED) is 0.589. The van der Waals surface area contributed by atoms with Gasteiger partial charge >= 0.3 is 0 Å². The molecule has 0 aromatic carbocycles. The van der Waals surface area contributed by atoms with Gasteiger partial charge in [-0.1, -0.05) is 0 Å². The molecule has 1 aliphatic heterocycles. The zero-order valence-corrected chi connectivity index (χ0v) is 7.77.